The SMILES string of the molecule is C1=C(c2ccccc2)SC2=C(c3ccc(-c4cccc5ccccc45)cc3)N=C(n3c4ccc(-c5ccc6c(c5)c5c7ccccc7ccc5n6-c5ccccc5)cc4c4c5ccccc5ccc43)NC12. The monoisotopic (exact) mass is 922 g/mol. The molecule has 5 heteroatoms. The summed E-state index contributed by atoms with van der Waals surface area (Å²) in [6.07, 6.45) is 2.38. The lowest BCUT2D eigenvalue weighted by atomic mass is 9.97. The lowest BCUT2D eigenvalue weighted by molar-refractivity contribution is 0.835. The average molecular weight is 923 g/mol. The molecule has 0 fully saturated rings. The number of thioether (sulfide) groups is 1. The predicted molar refractivity (Wildman–Crippen MR) is 302 cm³/mol. The van der Waals surface area contributed by atoms with Crippen molar-refractivity contribution in [1.82, 2.24) is 14.5 Å². The Morgan fingerprint density at radius 2 is 0.887 bits per heavy atom. The van der Waals surface area contributed by atoms with Crippen LogP contribution < -0.4 is 5.32 Å². The Balaban J connectivity index is 0.919. The predicted octanol–water partition coefficient (Wildman–Crippen LogP) is 17.0. The standard InChI is InChI=1S/C66H42N4S/c1-3-17-45(18-4-1)61-40-56-65(71-61)64(46-28-26-44(27-29-46)51-25-13-19-41-14-7-10-22-50(41)51)68-66(67-56)70-58-35-33-48(39-55(58)63-53-24-12-9-16-43(53)31-37-60(63)70)47-32-34-57-54(38-47)62-52-23-11-8-15-42(52)30-36-59(62)69(57)49-20-5-2-6-21-49/h1-40,56H,(H,67,68). The van der Waals surface area contributed by atoms with Crippen molar-refractivity contribution >= 4 is 104 Å². The molecule has 13 aromatic rings. The van der Waals surface area contributed by atoms with Gasteiger partial charge in [-0.3, -0.25) is 4.57 Å². The highest BCUT2D eigenvalue weighted by atomic mass is 32.2. The molecule has 0 spiro atoms. The van der Waals surface area contributed by atoms with Crippen molar-refractivity contribution in [2.24, 2.45) is 4.99 Å². The first-order chi connectivity index (χ1) is 35.2. The molecule has 2 aliphatic heterocycles. The number of aliphatic imine (C=N–C) groups is 1. The van der Waals surface area contributed by atoms with Gasteiger partial charge in [-0.05, 0) is 115 Å². The van der Waals surface area contributed by atoms with E-state index in [0.29, 0.717) is 0 Å². The van der Waals surface area contributed by atoms with Crippen LogP contribution in [-0.4, -0.2) is 21.1 Å². The molecule has 0 bridgehead atoms. The van der Waals surface area contributed by atoms with E-state index < -0.39 is 0 Å². The van der Waals surface area contributed by atoms with Gasteiger partial charge in [-0.2, -0.15) is 0 Å². The summed E-state index contributed by atoms with van der Waals surface area (Å²) >= 11 is 1.82. The largest absolute Gasteiger partial charge is 0.344 e. The van der Waals surface area contributed by atoms with Gasteiger partial charge >= 0.3 is 0 Å². The van der Waals surface area contributed by atoms with Gasteiger partial charge in [0, 0.05) is 42.6 Å². The maximum absolute atomic E-state index is 5.69. The first-order valence-electron chi connectivity index (χ1n) is 24.3. The number of para-hydroxylation sites is 1. The molecule has 0 radical (unpaired) electrons. The molecule has 71 heavy (non-hydrogen) atoms. The number of fused-ring (bicyclic) bond motifs is 12. The molecule has 4 heterocycles. The van der Waals surface area contributed by atoms with Crippen LogP contribution >= 0.6 is 11.8 Å². The summed E-state index contributed by atoms with van der Waals surface area (Å²) in [4.78, 5) is 8.12. The van der Waals surface area contributed by atoms with Crippen LogP contribution in [-0.2, 0) is 0 Å². The van der Waals surface area contributed by atoms with Gasteiger partial charge in [-0.1, -0.05) is 200 Å². The molecule has 1 N–H and O–H groups in total. The van der Waals surface area contributed by atoms with E-state index in [-0.39, 0.29) is 6.04 Å². The zero-order valence-corrected chi connectivity index (χ0v) is 39.2. The molecule has 11 aromatic carbocycles. The molecule has 2 aliphatic rings. The van der Waals surface area contributed by atoms with Gasteiger partial charge in [-0.25, -0.2) is 4.99 Å². The Bertz CT molecular complexity index is 4440. The van der Waals surface area contributed by atoms with E-state index in [0.717, 1.165) is 33.9 Å². The summed E-state index contributed by atoms with van der Waals surface area (Å²) in [6.45, 7) is 0. The fourth-order valence-electron chi connectivity index (χ4n) is 11.5. The second-order valence-electron chi connectivity index (χ2n) is 18.7. The Morgan fingerprint density at radius 3 is 1.55 bits per heavy atom. The quantitative estimate of drug-likeness (QED) is 0.187. The summed E-state index contributed by atoms with van der Waals surface area (Å²) in [5, 5.41) is 16.3. The van der Waals surface area contributed by atoms with Crippen LogP contribution in [0.5, 0.6) is 0 Å². The van der Waals surface area contributed by atoms with Crippen molar-refractivity contribution in [2.75, 3.05) is 0 Å². The van der Waals surface area contributed by atoms with E-state index in [1.54, 1.807) is 0 Å². The Hall–Kier alpha value is -8.90. The number of hydrogen-bond donors (Lipinski definition) is 1. The third-order valence-corrected chi connectivity index (χ3v) is 16.0. The molecule has 332 valence electrons. The van der Waals surface area contributed by atoms with Gasteiger partial charge in [0.2, 0.25) is 5.96 Å². The maximum Gasteiger partial charge on any atom is 0.209 e. The van der Waals surface area contributed by atoms with Crippen molar-refractivity contribution in [1.29, 1.82) is 0 Å². The average Bonchev–Trinajstić information content (AvgIpc) is 4.14. The number of aromatic nitrogens is 2. The summed E-state index contributed by atoms with van der Waals surface area (Å²) in [7, 11) is 0. The Morgan fingerprint density at radius 1 is 0.380 bits per heavy atom. The minimum absolute atomic E-state index is 0.0662. The van der Waals surface area contributed by atoms with Crippen LogP contribution in [0.15, 0.2) is 253 Å². The first-order valence-corrected chi connectivity index (χ1v) is 25.1. The van der Waals surface area contributed by atoms with Crippen molar-refractivity contribution in [3.05, 3.63) is 259 Å². The first kappa shape index (κ1) is 40.0. The highest BCUT2D eigenvalue weighted by molar-refractivity contribution is 8.12. The summed E-state index contributed by atoms with van der Waals surface area (Å²) in [5.41, 5.74) is 13.8. The highest BCUT2D eigenvalue weighted by Gasteiger charge is 2.33. The Labute approximate surface area is 414 Å². The zero-order chi connectivity index (χ0) is 46.6. The van der Waals surface area contributed by atoms with Crippen LogP contribution in [0.3, 0.4) is 0 Å². The molecular formula is C66H42N4S. The molecule has 15 rings (SSSR count). The highest BCUT2D eigenvalue weighted by Crippen LogP contribution is 2.48. The molecule has 0 amide bonds. The summed E-state index contributed by atoms with van der Waals surface area (Å²) in [6, 6.07) is 86.3. The molecule has 4 nitrogen and oxygen atoms in total. The van der Waals surface area contributed by atoms with Gasteiger partial charge in [0.05, 0.1) is 33.8 Å². The zero-order valence-electron chi connectivity index (χ0n) is 38.4. The molecule has 2 aromatic heterocycles. The second kappa shape index (κ2) is 15.8. The molecule has 0 saturated carbocycles. The maximum atomic E-state index is 5.69. The van der Waals surface area contributed by atoms with Crippen molar-refractivity contribution in [2.45, 2.75) is 6.04 Å². The lowest BCUT2D eigenvalue weighted by Gasteiger charge is -2.25. The fraction of sp³-hybridized carbons (Fsp3) is 0.0152. The van der Waals surface area contributed by atoms with E-state index in [4.69, 9.17) is 4.99 Å². The number of nitrogens with one attached hydrogen (secondary N) is 1. The van der Waals surface area contributed by atoms with Crippen LogP contribution in [0.4, 0.5) is 0 Å². The van der Waals surface area contributed by atoms with Crippen LogP contribution in [0, 0.1) is 0 Å². The lowest BCUT2D eigenvalue weighted by Crippen LogP contribution is -2.40. The second-order valence-corrected chi connectivity index (χ2v) is 19.8. The van der Waals surface area contributed by atoms with Gasteiger partial charge in [-0.15, -0.1) is 0 Å². The molecule has 0 aliphatic carbocycles. The number of nitrogens with zero attached hydrogens (tertiary/aromatic N) is 3. The summed E-state index contributed by atoms with van der Waals surface area (Å²) < 4.78 is 4.78. The molecule has 1 unspecified atom stereocenters. The molecular weight excluding hydrogens is 881 g/mol. The van der Waals surface area contributed by atoms with Crippen LogP contribution in [0.1, 0.15) is 11.1 Å². The van der Waals surface area contributed by atoms with E-state index in [9.17, 15) is 0 Å². The minimum Gasteiger partial charge on any atom is -0.344 e. The van der Waals surface area contributed by atoms with Gasteiger partial charge in [0.1, 0.15) is 0 Å². The van der Waals surface area contributed by atoms with Crippen molar-refractivity contribution in [3.63, 3.8) is 0 Å². The number of rotatable bonds is 5. The van der Waals surface area contributed by atoms with Crippen LogP contribution in [0.25, 0.3) is 114 Å². The van der Waals surface area contributed by atoms with E-state index in [1.807, 2.05) is 11.8 Å². The topological polar surface area (TPSA) is 34.2 Å². The number of benzene rings is 11. The van der Waals surface area contributed by atoms with E-state index in [1.165, 1.54) is 103 Å². The van der Waals surface area contributed by atoms with Gasteiger partial charge in [0.15, 0.2) is 0 Å². The molecule has 0 saturated heterocycles. The van der Waals surface area contributed by atoms with Crippen LogP contribution in [0.2, 0.25) is 0 Å². The Kier molecular flexibility index (Phi) is 8.92. The van der Waals surface area contributed by atoms with Crippen molar-refractivity contribution in [3.8, 4) is 27.9 Å². The van der Waals surface area contributed by atoms with Gasteiger partial charge in [0.25, 0.3) is 0 Å². The van der Waals surface area contributed by atoms with Gasteiger partial charge < -0.3 is 9.88 Å². The van der Waals surface area contributed by atoms with E-state index in [2.05, 4.69) is 257 Å². The third-order valence-electron chi connectivity index (χ3n) is 14.7. The fourth-order valence-corrected chi connectivity index (χ4v) is 12.7. The normalized spacial score (nSPS) is 14.8. The van der Waals surface area contributed by atoms with Crippen molar-refractivity contribution < 1.29 is 0 Å². The third kappa shape index (κ3) is 6.30. The summed E-state index contributed by atoms with van der Waals surface area (Å²) in [5.74, 6) is 0.808. The number of hydrogen-bond acceptors (Lipinski definition) is 3. The minimum atomic E-state index is -0.0662. The molecule has 1 atom stereocenters. The van der Waals surface area contributed by atoms with E-state index >= 15 is 0 Å². The smallest absolute Gasteiger partial charge is 0.209 e.